The van der Waals surface area contributed by atoms with Crippen molar-refractivity contribution in [1.29, 1.82) is 0 Å². The molecule has 0 amide bonds. The van der Waals surface area contributed by atoms with Gasteiger partial charge in [-0.15, -0.1) is 11.6 Å². The first kappa shape index (κ1) is 7.99. The van der Waals surface area contributed by atoms with Crippen LogP contribution in [0.25, 0.3) is 0 Å². The third kappa shape index (κ3) is 4.16. The predicted octanol–water partition coefficient (Wildman–Crippen LogP) is 1.39. The molecule has 0 rings (SSSR count). The smallest absolute Gasteiger partial charge is 0.0431 e. The molecule has 1 N–H and O–H groups in total. The van der Waals surface area contributed by atoms with Crippen LogP contribution in [0.2, 0.25) is 0 Å². The van der Waals surface area contributed by atoms with Crippen molar-refractivity contribution in [3.63, 3.8) is 0 Å². The number of halogens is 1. The van der Waals surface area contributed by atoms with E-state index < -0.39 is 0 Å². The highest BCUT2D eigenvalue weighted by molar-refractivity contribution is 6.19. The van der Waals surface area contributed by atoms with E-state index in [0.29, 0.717) is 5.88 Å². The number of hydrogen-bond acceptors (Lipinski definition) is 1. The van der Waals surface area contributed by atoms with Crippen molar-refractivity contribution < 1.29 is 0 Å². The van der Waals surface area contributed by atoms with Gasteiger partial charge in [0.1, 0.15) is 0 Å². The van der Waals surface area contributed by atoms with Crippen LogP contribution in [0.1, 0.15) is 6.42 Å². The normalized spacial score (nSPS) is 9.25. The van der Waals surface area contributed by atoms with E-state index in [0.717, 1.165) is 18.5 Å². The van der Waals surface area contributed by atoms with Gasteiger partial charge in [0, 0.05) is 5.88 Å². The van der Waals surface area contributed by atoms with Gasteiger partial charge in [-0.1, -0.05) is 12.2 Å². The minimum absolute atomic E-state index is 0.585. The Labute approximate surface area is 55.7 Å². The molecular weight excluding hydrogens is 122 g/mol. The molecule has 0 aliphatic carbocycles. The number of rotatable bonds is 4. The van der Waals surface area contributed by atoms with Crippen molar-refractivity contribution in [2.75, 3.05) is 19.5 Å². The second-order valence-electron chi connectivity index (χ2n) is 1.74. The van der Waals surface area contributed by atoms with E-state index in [9.17, 15) is 0 Å². The molecule has 0 saturated heterocycles. The molecule has 0 aromatic rings. The van der Waals surface area contributed by atoms with Crippen molar-refractivity contribution in [2.24, 2.45) is 0 Å². The molecule has 0 aromatic carbocycles. The lowest BCUT2D eigenvalue weighted by molar-refractivity contribution is 0.788. The van der Waals surface area contributed by atoms with Gasteiger partial charge in [0.05, 0.1) is 0 Å². The van der Waals surface area contributed by atoms with Crippen LogP contribution in [0, 0.1) is 0 Å². The highest BCUT2D eigenvalue weighted by atomic mass is 35.5. The molecule has 0 fully saturated rings. The van der Waals surface area contributed by atoms with Crippen LogP contribution in [-0.2, 0) is 0 Å². The maximum absolute atomic E-state index is 5.46. The van der Waals surface area contributed by atoms with E-state index in [1.54, 1.807) is 0 Å². The van der Waals surface area contributed by atoms with E-state index >= 15 is 0 Å². The summed E-state index contributed by atoms with van der Waals surface area (Å²) in [6, 6.07) is 0. The SMILES string of the molecule is C=C(CCl)CCNC. The second-order valence-corrected chi connectivity index (χ2v) is 2.00. The molecule has 0 radical (unpaired) electrons. The van der Waals surface area contributed by atoms with Gasteiger partial charge in [-0.3, -0.25) is 0 Å². The van der Waals surface area contributed by atoms with E-state index in [-0.39, 0.29) is 0 Å². The van der Waals surface area contributed by atoms with Gasteiger partial charge >= 0.3 is 0 Å². The van der Waals surface area contributed by atoms with Crippen molar-refractivity contribution in [3.8, 4) is 0 Å². The first-order valence-corrected chi connectivity index (χ1v) is 3.22. The largest absolute Gasteiger partial charge is 0.319 e. The van der Waals surface area contributed by atoms with Gasteiger partial charge in [0.15, 0.2) is 0 Å². The summed E-state index contributed by atoms with van der Waals surface area (Å²) in [6.45, 7) is 4.72. The Bertz CT molecular complexity index is 70.9. The van der Waals surface area contributed by atoms with Gasteiger partial charge in [-0.2, -0.15) is 0 Å². The molecular formula is C6H12ClN. The molecule has 8 heavy (non-hydrogen) atoms. The fourth-order valence-electron chi connectivity index (χ4n) is 0.369. The Morgan fingerprint density at radius 1 is 1.75 bits per heavy atom. The quantitative estimate of drug-likeness (QED) is 0.452. The molecule has 0 saturated carbocycles. The molecule has 0 bridgehead atoms. The van der Waals surface area contributed by atoms with E-state index in [1.807, 2.05) is 7.05 Å². The highest BCUT2D eigenvalue weighted by Gasteiger charge is 1.87. The summed E-state index contributed by atoms with van der Waals surface area (Å²) in [4.78, 5) is 0. The fourth-order valence-corrected chi connectivity index (χ4v) is 0.502. The first-order valence-electron chi connectivity index (χ1n) is 2.68. The van der Waals surface area contributed by atoms with Gasteiger partial charge in [-0.05, 0) is 20.0 Å². The molecule has 0 spiro atoms. The monoisotopic (exact) mass is 133 g/mol. The molecule has 0 aromatic heterocycles. The van der Waals surface area contributed by atoms with Crippen LogP contribution in [0.4, 0.5) is 0 Å². The highest BCUT2D eigenvalue weighted by Crippen LogP contribution is 1.97. The van der Waals surface area contributed by atoms with E-state index in [1.165, 1.54) is 0 Å². The summed E-state index contributed by atoms with van der Waals surface area (Å²) in [6.07, 6.45) is 0.986. The Hall–Kier alpha value is -0.0100. The fraction of sp³-hybridized carbons (Fsp3) is 0.667. The van der Waals surface area contributed by atoms with Gasteiger partial charge in [0.2, 0.25) is 0 Å². The van der Waals surface area contributed by atoms with Crippen molar-refractivity contribution >= 4 is 11.6 Å². The van der Waals surface area contributed by atoms with Gasteiger partial charge in [-0.25, -0.2) is 0 Å². The van der Waals surface area contributed by atoms with E-state index in [4.69, 9.17) is 11.6 Å². The summed E-state index contributed by atoms with van der Waals surface area (Å²) in [5.41, 5.74) is 1.10. The summed E-state index contributed by atoms with van der Waals surface area (Å²) in [5.74, 6) is 0.585. The molecule has 2 heteroatoms. The zero-order valence-corrected chi connectivity index (χ0v) is 5.96. The molecule has 0 unspecified atom stereocenters. The average molecular weight is 134 g/mol. The summed E-state index contributed by atoms with van der Waals surface area (Å²) < 4.78 is 0. The topological polar surface area (TPSA) is 12.0 Å². The minimum Gasteiger partial charge on any atom is -0.319 e. The molecule has 0 atom stereocenters. The summed E-state index contributed by atoms with van der Waals surface area (Å²) in [5, 5.41) is 3.01. The Balaban J connectivity index is 2.99. The number of nitrogens with one attached hydrogen (secondary N) is 1. The summed E-state index contributed by atoms with van der Waals surface area (Å²) >= 11 is 5.46. The molecule has 0 aliphatic rings. The third-order valence-electron chi connectivity index (χ3n) is 0.918. The van der Waals surface area contributed by atoms with Crippen LogP contribution >= 0.6 is 11.6 Å². The molecule has 0 aliphatic heterocycles. The van der Waals surface area contributed by atoms with E-state index in [2.05, 4.69) is 11.9 Å². The zero-order chi connectivity index (χ0) is 6.41. The maximum Gasteiger partial charge on any atom is 0.0431 e. The van der Waals surface area contributed by atoms with Crippen molar-refractivity contribution in [2.45, 2.75) is 6.42 Å². The van der Waals surface area contributed by atoms with Gasteiger partial charge in [0.25, 0.3) is 0 Å². The van der Waals surface area contributed by atoms with Crippen LogP contribution in [0.3, 0.4) is 0 Å². The lowest BCUT2D eigenvalue weighted by Crippen LogP contribution is -2.08. The second kappa shape index (κ2) is 5.13. The summed E-state index contributed by atoms with van der Waals surface area (Å²) in [7, 11) is 1.92. The average Bonchev–Trinajstić information content (AvgIpc) is 1.83. The molecule has 48 valence electrons. The van der Waals surface area contributed by atoms with Crippen molar-refractivity contribution in [1.82, 2.24) is 5.32 Å². The predicted molar refractivity (Wildman–Crippen MR) is 38.4 cm³/mol. The van der Waals surface area contributed by atoms with Crippen molar-refractivity contribution in [3.05, 3.63) is 12.2 Å². The first-order chi connectivity index (χ1) is 3.81. The standard InChI is InChI=1S/C6H12ClN/c1-6(5-7)3-4-8-2/h8H,1,3-5H2,2H3. The van der Waals surface area contributed by atoms with Crippen LogP contribution < -0.4 is 5.32 Å². The molecule has 1 nitrogen and oxygen atoms in total. The van der Waals surface area contributed by atoms with Crippen LogP contribution in [-0.4, -0.2) is 19.5 Å². The third-order valence-corrected chi connectivity index (χ3v) is 1.30. The zero-order valence-electron chi connectivity index (χ0n) is 5.21. The van der Waals surface area contributed by atoms with Gasteiger partial charge < -0.3 is 5.32 Å². The lowest BCUT2D eigenvalue weighted by Gasteiger charge is -1.97. The minimum atomic E-state index is 0.585. The van der Waals surface area contributed by atoms with Crippen LogP contribution in [0.5, 0.6) is 0 Å². The Morgan fingerprint density at radius 3 is 2.75 bits per heavy atom. The Morgan fingerprint density at radius 2 is 2.38 bits per heavy atom. The number of alkyl halides is 1. The number of hydrogen-bond donors (Lipinski definition) is 1. The Kier molecular flexibility index (Phi) is 5.13. The van der Waals surface area contributed by atoms with Crippen LogP contribution in [0.15, 0.2) is 12.2 Å². The molecule has 0 heterocycles. The maximum atomic E-state index is 5.46. The lowest BCUT2D eigenvalue weighted by atomic mass is 10.2.